The first kappa shape index (κ1) is 14.5. The zero-order valence-electron chi connectivity index (χ0n) is 12.5. The summed E-state index contributed by atoms with van der Waals surface area (Å²) in [6.07, 6.45) is 2.26. The van der Waals surface area contributed by atoms with E-state index in [2.05, 4.69) is 0 Å². The Bertz CT molecular complexity index is 704. The Kier molecular flexibility index (Phi) is 4.05. The predicted octanol–water partition coefficient (Wildman–Crippen LogP) is 3.51. The normalized spacial score (nSPS) is 16.1. The van der Waals surface area contributed by atoms with Gasteiger partial charge in [0.05, 0.1) is 13.5 Å². The highest BCUT2D eigenvalue weighted by Crippen LogP contribution is 2.36. The zero-order chi connectivity index (χ0) is 15.5. The molecule has 2 aromatic carbocycles. The van der Waals surface area contributed by atoms with Crippen LogP contribution in [0.4, 0.5) is 0 Å². The Labute approximate surface area is 129 Å². The van der Waals surface area contributed by atoms with E-state index in [0.29, 0.717) is 17.5 Å². The second-order valence-electron chi connectivity index (χ2n) is 5.62. The van der Waals surface area contributed by atoms with Gasteiger partial charge in [-0.1, -0.05) is 42.5 Å². The molecule has 22 heavy (non-hydrogen) atoms. The number of benzene rings is 2. The summed E-state index contributed by atoms with van der Waals surface area (Å²) in [4.78, 5) is 23.9. The minimum Gasteiger partial charge on any atom is -0.469 e. The summed E-state index contributed by atoms with van der Waals surface area (Å²) in [5.74, 6) is 0.0745. The molecule has 0 fully saturated rings. The predicted molar refractivity (Wildman–Crippen MR) is 84.0 cm³/mol. The van der Waals surface area contributed by atoms with Crippen LogP contribution in [0.5, 0.6) is 0 Å². The standard InChI is InChI=1S/C19H18O3/c1-22-18(20)12-15-8-7-14-11-16(9-10-17(14)15)19(21)13-5-3-2-4-6-13/h2-6,9-11,15H,7-8,12H2,1H3. The quantitative estimate of drug-likeness (QED) is 0.640. The average molecular weight is 294 g/mol. The molecular formula is C19H18O3. The number of methoxy groups -OCH3 is 1. The number of rotatable bonds is 4. The van der Waals surface area contributed by atoms with Crippen molar-refractivity contribution in [1.29, 1.82) is 0 Å². The number of hydrogen-bond donors (Lipinski definition) is 0. The van der Waals surface area contributed by atoms with Gasteiger partial charge in [0.25, 0.3) is 0 Å². The van der Waals surface area contributed by atoms with Crippen LogP contribution in [0.2, 0.25) is 0 Å². The van der Waals surface area contributed by atoms with Crippen molar-refractivity contribution in [2.75, 3.05) is 7.11 Å². The molecule has 0 saturated heterocycles. The molecule has 0 radical (unpaired) electrons. The summed E-state index contributed by atoms with van der Waals surface area (Å²) in [7, 11) is 1.42. The molecule has 2 aromatic rings. The van der Waals surface area contributed by atoms with Crippen molar-refractivity contribution in [2.45, 2.75) is 25.2 Å². The fraction of sp³-hybridized carbons (Fsp3) is 0.263. The lowest BCUT2D eigenvalue weighted by atomic mass is 9.95. The highest BCUT2D eigenvalue weighted by Gasteiger charge is 2.26. The molecule has 0 spiro atoms. The smallest absolute Gasteiger partial charge is 0.306 e. The number of aryl methyl sites for hydroxylation is 1. The van der Waals surface area contributed by atoms with Gasteiger partial charge in [0.15, 0.2) is 5.78 Å². The lowest BCUT2D eigenvalue weighted by Gasteiger charge is -2.10. The SMILES string of the molecule is COC(=O)CC1CCc2cc(C(=O)c3ccccc3)ccc21. The minimum atomic E-state index is -0.178. The number of carbonyl (C=O) groups excluding carboxylic acids is 2. The molecular weight excluding hydrogens is 276 g/mol. The summed E-state index contributed by atoms with van der Waals surface area (Å²) < 4.78 is 4.75. The number of ketones is 1. The summed E-state index contributed by atoms with van der Waals surface area (Å²) in [6.45, 7) is 0. The molecule has 1 aliphatic rings. The molecule has 3 heteroatoms. The number of esters is 1. The van der Waals surface area contributed by atoms with Gasteiger partial charge in [0.2, 0.25) is 0 Å². The van der Waals surface area contributed by atoms with Crippen molar-refractivity contribution >= 4 is 11.8 Å². The molecule has 1 atom stereocenters. The van der Waals surface area contributed by atoms with E-state index < -0.39 is 0 Å². The van der Waals surface area contributed by atoms with Crippen LogP contribution < -0.4 is 0 Å². The number of carbonyl (C=O) groups is 2. The Morgan fingerprint density at radius 3 is 2.59 bits per heavy atom. The third-order valence-electron chi connectivity index (χ3n) is 4.28. The first-order valence-electron chi connectivity index (χ1n) is 7.48. The van der Waals surface area contributed by atoms with Gasteiger partial charge in [-0.3, -0.25) is 9.59 Å². The lowest BCUT2D eigenvalue weighted by Crippen LogP contribution is -2.07. The maximum Gasteiger partial charge on any atom is 0.306 e. The van der Waals surface area contributed by atoms with Crippen LogP contribution in [0, 0.1) is 0 Å². The highest BCUT2D eigenvalue weighted by molar-refractivity contribution is 6.09. The Balaban J connectivity index is 1.84. The van der Waals surface area contributed by atoms with Crippen molar-refractivity contribution in [2.24, 2.45) is 0 Å². The molecule has 3 nitrogen and oxygen atoms in total. The molecule has 0 N–H and O–H groups in total. The monoisotopic (exact) mass is 294 g/mol. The largest absolute Gasteiger partial charge is 0.469 e. The molecule has 3 rings (SSSR count). The first-order valence-corrected chi connectivity index (χ1v) is 7.48. The first-order chi connectivity index (χ1) is 10.7. The number of ether oxygens (including phenoxy) is 1. The number of hydrogen-bond acceptors (Lipinski definition) is 3. The van der Waals surface area contributed by atoms with E-state index in [0.717, 1.165) is 12.8 Å². The maximum atomic E-state index is 12.5. The van der Waals surface area contributed by atoms with E-state index in [1.54, 1.807) is 0 Å². The Morgan fingerprint density at radius 2 is 1.86 bits per heavy atom. The van der Waals surface area contributed by atoms with Crippen molar-refractivity contribution in [3.8, 4) is 0 Å². The van der Waals surface area contributed by atoms with E-state index in [4.69, 9.17) is 4.74 Å². The number of fused-ring (bicyclic) bond motifs is 1. The van der Waals surface area contributed by atoms with Crippen molar-refractivity contribution < 1.29 is 14.3 Å². The highest BCUT2D eigenvalue weighted by atomic mass is 16.5. The van der Waals surface area contributed by atoms with Gasteiger partial charge in [-0.2, -0.15) is 0 Å². The Hall–Kier alpha value is -2.42. The van der Waals surface area contributed by atoms with Crippen LogP contribution in [0.15, 0.2) is 48.5 Å². The summed E-state index contributed by atoms with van der Waals surface area (Å²) in [6, 6.07) is 15.1. The molecule has 1 aliphatic carbocycles. The van der Waals surface area contributed by atoms with Crippen LogP contribution in [0.1, 0.15) is 45.8 Å². The third-order valence-corrected chi connectivity index (χ3v) is 4.28. The fourth-order valence-corrected chi connectivity index (χ4v) is 3.10. The topological polar surface area (TPSA) is 43.4 Å². The lowest BCUT2D eigenvalue weighted by molar-refractivity contribution is -0.141. The Morgan fingerprint density at radius 1 is 1.09 bits per heavy atom. The van der Waals surface area contributed by atoms with Gasteiger partial charge in [0.1, 0.15) is 0 Å². The van der Waals surface area contributed by atoms with Crippen LogP contribution in [0.25, 0.3) is 0 Å². The van der Waals surface area contributed by atoms with Gasteiger partial charge >= 0.3 is 5.97 Å². The molecule has 112 valence electrons. The molecule has 0 amide bonds. The molecule has 0 saturated carbocycles. The second kappa shape index (κ2) is 6.14. The summed E-state index contributed by atoms with van der Waals surface area (Å²) >= 11 is 0. The van der Waals surface area contributed by atoms with Crippen molar-refractivity contribution in [1.82, 2.24) is 0 Å². The van der Waals surface area contributed by atoms with Gasteiger partial charge in [0, 0.05) is 11.1 Å². The zero-order valence-corrected chi connectivity index (χ0v) is 12.5. The summed E-state index contributed by atoms with van der Waals surface area (Å²) in [5, 5.41) is 0. The maximum absolute atomic E-state index is 12.5. The van der Waals surface area contributed by atoms with E-state index in [1.807, 2.05) is 48.5 Å². The molecule has 0 heterocycles. The van der Waals surface area contributed by atoms with Gasteiger partial charge in [-0.25, -0.2) is 0 Å². The van der Waals surface area contributed by atoms with Gasteiger partial charge < -0.3 is 4.74 Å². The van der Waals surface area contributed by atoms with E-state index in [9.17, 15) is 9.59 Å². The minimum absolute atomic E-state index is 0.0415. The third kappa shape index (κ3) is 2.80. The van der Waals surface area contributed by atoms with Crippen LogP contribution in [0.3, 0.4) is 0 Å². The van der Waals surface area contributed by atoms with Crippen molar-refractivity contribution in [3.63, 3.8) is 0 Å². The molecule has 0 aromatic heterocycles. The van der Waals surface area contributed by atoms with E-state index in [-0.39, 0.29) is 17.7 Å². The van der Waals surface area contributed by atoms with Crippen LogP contribution in [-0.4, -0.2) is 18.9 Å². The summed E-state index contributed by atoms with van der Waals surface area (Å²) in [5.41, 5.74) is 3.76. The van der Waals surface area contributed by atoms with E-state index >= 15 is 0 Å². The molecule has 0 bridgehead atoms. The fourth-order valence-electron chi connectivity index (χ4n) is 3.10. The van der Waals surface area contributed by atoms with Gasteiger partial charge in [-0.05, 0) is 36.0 Å². The molecule has 1 unspecified atom stereocenters. The average Bonchev–Trinajstić information content (AvgIpc) is 2.97. The van der Waals surface area contributed by atoms with Crippen LogP contribution in [-0.2, 0) is 16.0 Å². The van der Waals surface area contributed by atoms with Crippen molar-refractivity contribution in [3.05, 3.63) is 70.8 Å². The van der Waals surface area contributed by atoms with Gasteiger partial charge in [-0.15, -0.1) is 0 Å². The second-order valence-corrected chi connectivity index (χ2v) is 5.62. The molecule has 0 aliphatic heterocycles. The van der Waals surface area contributed by atoms with Crippen LogP contribution >= 0.6 is 0 Å². The van der Waals surface area contributed by atoms with E-state index in [1.165, 1.54) is 18.2 Å².